The minimum Gasteiger partial charge on any atom is -0.478 e. The highest BCUT2D eigenvalue weighted by atomic mass is 19.1. The van der Waals surface area contributed by atoms with Crippen LogP contribution in [0.15, 0.2) is 18.2 Å². The number of aromatic carboxylic acids is 1. The van der Waals surface area contributed by atoms with Crippen molar-refractivity contribution in [2.24, 2.45) is 0 Å². The molecule has 5 heteroatoms. The van der Waals surface area contributed by atoms with Gasteiger partial charge in [0.05, 0.1) is 16.8 Å². The van der Waals surface area contributed by atoms with E-state index in [1.165, 1.54) is 25.1 Å². The zero-order valence-electron chi connectivity index (χ0n) is 8.37. The fourth-order valence-corrected chi connectivity index (χ4v) is 1.67. The Hall–Kier alpha value is -2.17. The molecular weight excluding hydrogens is 213 g/mol. The Kier molecular flexibility index (Phi) is 2.23. The molecule has 1 heterocycles. The first-order valence-corrected chi connectivity index (χ1v) is 4.56. The molecule has 0 saturated carbocycles. The predicted octanol–water partition coefficient (Wildman–Crippen LogP) is 2.21. The number of carboxylic acids is 1. The van der Waals surface area contributed by atoms with Crippen molar-refractivity contribution in [1.29, 1.82) is 0 Å². The average molecular weight is 221 g/mol. The van der Waals surface area contributed by atoms with Gasteiger partial charge in [-0.3, -0.25) is 4.79 Å². The van der Waals surface area contributed by atoms with E-state index in [0.29, 0.717) is 0 Å². The molecule has 0 amide bonds. The number of carbonyl (C=O) groups excluding carboxylic acids is 1. The van der Waals surface area contributed by atoms with Crippen LogP contribution >= 0.6 is 0 Å². The minimum absolute atomic E-state index is 0.0464. The molecule has 0 radical (unpaired) electrons. The smallest absolute Gasteiger partial charge is 0.338 e. The summed E-state index contributed by atoms with van der Waals surface area (Å²) in [4.78, 5) is 24.8. The van der Waals surface area contributed by atoms with Gasteiger partial charge in [-0.15, -0.1) is 0 Å². The van der Waals surface area contributed by atoms with Gasteiger partial charge in [0.2, 0.25) is 0 Å². The second-order valence-electron chi connectivity index (χ2n) is 3.40. The van der Waals surface area contributed by atoms with Crippen molar-refractivity contribution in [3.05, 3.63) is 35.3 Å². The highest BCUT2D eigenvalue weighted by molar-refractivity contribution is 6.13. The lowest BCUT2D eigenvalue weighted by Crippen LogP contribution is -2.04. The van der Waals surface area contributed by atoms with Crippen LogP contribution in [0.1, 0.15) is 27.8 Å². The summed E-state index contributed by atoms with van der Waals surface area (Å²) in [6.07, 6.45) is 0. The Morgan fingerprint density at radius 1 is 1.38 bits per heavy atom. The fraction of sp³-hybridized carbons (Fsp3) is 0.0909. The molecule has 1 aromatic carbocycles. The summed E-state index contributed by atoms with van der Waals surface area (Å²) in [5.41, 5.74) is -0.209. The molecule has 0 saturated heterocycles. The normalized spacial score (nSPS) is 10.6. The van der Waals surface area contributed by atoms with Crippen LogP contribution in [0.2, 0.25) is 0 Å². The topological polar surface area (TPSA) is 70.2 Å². The number of Topliss-reactive ketones (excluding diaryl/α,β-unsaturated/α-hetero) is 1. The van der Waals surface area contributed by atoms with Crippen molar-refractivity contribution >= 4 is 22.7 Å². The van der Waals surface area contributed by atoms with Gasteiger partial charge in [-0.05, 0) is 6.07 Å². The average Bonchev–Trinajstić information content (AvgIpc) is 2.58. The Bertz CT molecular complexity index is 601. The monoisotopic (exact) mass is 221 g/mol. The number of rotatable bonds is 2. The van der Waals surface area contributed by atoms with Gasteiger partial charge in [0.15, 0.2) is 5.78 Å². The van der Waals surface area contributed by atoms with Crippen molar-refractivity contribution in [2.75, 3.05) is 0 Å². The van der Waals surface area contributed by atoms with Crippen LogP contribution < -0.4 is 0 Å². The second kappa shape index (κ2) is 3.44. The van der Waals surface area contributed by atoms with E-state index in [1.807, 2.05) is 0 Å². The number of carbonyl (C=O) groups is 2. The Balaban J connectivity index is 2.92. The first-order valence-electron chi connectivity index (χ1n) is 4.56. The number of ketones is 1. The number of hydrogen-bond acceptors (Lipinski definition) is 2. The minimum atomic E-state index is -1.25. The maximum absolute atomic E-state index is 13.4. The highest BCUT2D eigenvalue weighted by Gasteiger charge is 2.21. The number of hydrogen-bond donors (Lipinski definition) is 2. The zero-order chi connectivity index (χ0) is 11.9. The van der Waals surface area contributed by atoms with E-state index in [1.54, 1.807) is 0 Å². The van der Waals surface area contributed by atoms with Gasteiger partial charge >= 0.3 is 5.97 Å². The first kappa shape index (κ1) is 10.4. The van der Waals surface area contributed by atoms with Crippen LogP contribution in [0.4, 0.5) is 4.39 Å². The number of nitrogens with one attached hydrogen (secondary N) is 1. The molecule has 0 aliphatic rings. The van der Waals surface area contributed by atoms with Crippen molar-refractivity contribution in [3.8, 4) is 0 Å². The third kappa shape index (κ3) is 1.37. The first-order chi connectivity index (χ1) is 7.52. The van der Waals surface area contributed by atoms with E-state index in [0.717, 1.165) is 0 Å². The Morgan fingerprint density at radius 2 is 2.06 bits per heavy atom. The molecule has 0 spiro atoms. The van der Waals surface area contributed by atoms with Gasteiger partial charge < -0.3 is 10.1 Å². The van der Waals surface area contributed by atoms with Crippen LogP contribution in [0.3, 0.4) is 0 Å². The van der Waals surface area contributed by atoms with E-state index < -0.39 is 17.6 Å². The number of benzene rings is 1. The standard InChI is InChI=1S/C11H8FNO3/c1-5(14)9-8(11(15)16)6-3-2-4-7(12)10(6)13-9/h2-4,13H,1H3,(H,15,16). The van der Waals surface area contributed by atoms with Crippen molar-refractivity contribution in [3.63, 3.8) is 0 Å². The van der Waals surface area contributed by atoms with Gasteiger partial charge in [-0.2, -0.15) is 0 Å². The molecule has 0 bridgehead atoms. The van der Waals surface area contributed by atoms with Crippen molar-refractivity contribution < 1.29 is 19.1 Å². The molecule has 0 aliphatic carbocycles. The highest BCUT2D eigenvalue weighted by Crippen LogP contribution is 2.24. The molecule has 4 nitrogen and oxygen atoms in total. The number of halogens is 1. The number of aromatic nitrogens is 1. The maximum atomic E-state index is 13.4. The zero-order valence-corrected chi connectivity index (χ0v) is 8.37. The SMILES string of the molecule is CC(=O)c1[nH]c2c(F)cccc2c1C(=O)O. The molecule has 0 atom stereocenters. The van der Waals surface area contributed by atoms with Crippen molar-refractivity contribution in [1.82, 2.24) is 4.98 Å². The lowest BCUT2D eigenvalue weighted by atomic mass is 10.1. The third-order valence-electron chi connectivity index (χ3n) is 2.35. The van der Waals surface area contributed by atoms with Gasteiger partial charge in [-0.1, -0.05) is 12.1 Å². The summed E-state index contributed by atoms with van der Waals surface area (Å²) < 4.78 is 13.4. The molecule has 1 aromatic heterocycles. The summed E-state index contributed by atoms with van der Waals surface area (Å²) in [6, 6.07) is 4.07. The van der Waals surface area contributed by atoms with Gasteiger partial charge in [0, 0.05) is 12.3 Å². The van der Waals surface area contributed by atoms with Crippen LogP contribution in [0.5, 0.6) is 0 Å². The quantitative estimate of drug-likeness (QED) is 0.764. The lowest BCUT2D eigenvalue weighted by Gasteiger charge is -1.94. The number of aromatic amines is 1. The van der Waals surface area contributed by atoms with E-state index in [4.69, 9.17) is 5.11 Å². The molecule has 0 unspecified atom stereocenters. The summed E-state index contributed by atoms with van der Waals surface area (Å²) in [6.45, 7) is 1.23. The largest absolute Gasteiger partial charge is 0.478 e. The Labute approximate surface area is 89.7 Å². The summed E-state index contributed by atoms with van der Waals surface area (Å²) in [7, 11) is 0. The third-order valence-corrected chi connectivity index (χ3v) is 2.35. The van der Waals surface area contributed by atoms with E-state index in [2.05, 4.69) is 4.98 Å². The Morgan fingerprint density at radius 3 is 2.62 bits per heavy atom. The van der Waals surface area contributed by atoms with E-state index >= 15 is 0 Å². The van der Waals surface area contributed by atoms with Crippen LogP contribution in [-0.2, 0) is 0 Å². The summed E-state index contributed by atoms with van der Waals surface area (Å²) in [5, 5.41) is 9.20. The molecule has 16 heavy (non-hydrogen) atoms. The van der Waals surface area contributed by atoms with Crippen molar-refractivity contribution in [2.45, 2.75) is 6.92 Å². The molecule has 0 fully saturated rings. The summed E-state index contributed by atoms with van der Waals surface area (Å²) >= 11 is 0. The maximum Gasteiger partial charge on any atom is 0.338 e. The predicted molar refractivity (Wildman–Crippen MR) is 55.2 cm³/mol. The molecule has 2 N–H and O–H groups in total. The van der Waals surface area contributed by atoms with Crippen LogP contribution in [0, 0.1) is 5.82 Å². The molecule has 82 valence electrons. The number of carboxylic acid groups (broad SMARTS) is 1. The molecular formula is C11H8FNO3. The number of para-hydroxylation sites is 1. The molecule has 2 aromatic rings. The number of H-pyrrole nitrogens is 1. The van der Waals surface area contributed by atoms with Gasteiger partial charge in [0.25, 0.3) is 0 Å². The van der Waals surface area contributed by atoms with E-state index in [-0.39, 0.29) is 22.2 Å². The molecule has 2 rings (SSSR count). The fourth-order valence-electron chi connectivity index (χ4n) is 1.67. The summed E-state index contributed by atoms with van der Waals surface area (Å²) in [5.74, 6) is -2.26. The van der Waals surface area contributed by atoms with Crippen LogP contribution in [0.25, 0.3) is 10.9 Å². The lowest BCUT2D eigenvalue weighted by molar-refractivity contribution is 0.0694. The van der Waals surface area contributed by atoms with Crippen LogP contribution in [-0.4, -0.2) is 21.8 Å². The van der Waals surface area contributed by atoms with Gasteiger partial charge in [-0.25, -0.2) is 9.18 Å². The number of fused-ring (bicyclic) bond motifs is 1. The second-order valence-corrected chi connectivity index (χ2v) is 3.40. The molecule has 0 aliphatic heterocycles. The van der Waals surface area contributed by atoms with E-state index in [9.17, 15) is 14.0 Å². The van der Waals surface area contributed by atoms with Gasteiger partial charge in [0.1, 0.15) is 5.82 Å².